The molecule has 1 heterocycles. The van der Waals surface area contributed by atoms with Crippen molar-refractivity contribution >= 4 is 15.9 Å². The number of carbonyl (C=O) groups excluding carboxylic acids is 1. The van der Waals surface area contributed by atoms with E-state index in [4.69, 9.17) is 4.74 Å². The highest BCUT2D eigenvalue weighted by atomic mass is 32.2. The van der Waals surface area contributed by atoms with E-state index in [1.54, 1.807) is 0 Å². The summed E-state index contributed by atoms with van der Waals surface area (Å²) in [6.45, 7) is 0.543. The molecule has 0 fully saturated rings. The van der Waals surface area contributed by atoms with Crippen LogP contribution in [-0.4, -0.2) is 28.0 Å². The fourth-order valence-electron chi connectivity index (χ4n) is 2.64. The summed E-state index contributed by atoms with van der Waals surface area (Å²) < 4.78 is 31.2. The van der Waals surface area contributed by atoms with Crippen molar-refractivity contribution in [3.8, 4) is 5.75 Å². The van der Waals surface area contributed by atoms with Gasteiger partial charge in [-0.25, -0.2) is 13.1 Å². The molecular weight excluding hydrogens is 328 g/mol. The molecule has 0 saturated carbocycles. The third-order valence-corrected chi connectivity index (χ3v) is 5.39. The van der Waals surface area contributed by atoms with E-state index in [2.05, 4.69) is 10.0 Å². The van der Waals surface area contributed by atoms with Gasteiger partial charge >= 0.3 is 0 Å². The van der Waals surface area contributed by atoms with Crippen LogP contribution < -0.4 is 14.8 Å². The lowest BCUT2D eigenvalue weighted by Gasteiger charge is -2.26. The molecule has 24 heavy (non-hydrogen) atoms. The maximum absolute atomic E-state index is 12.4. The maximum Gasteiger partial charge on any atom is 0.251 e. The largest absolute Gasteiger partial charge is 0.493 e. The first kappa shape index (κ1) is 16.5. The van der Waals surface area contributed by atoms with Gasteiger partial charge in [-0.05, 0) is 37.4 Å². The smallest absolute Gasteiger partial charge is 0.251 e. The topological polar surface area (TPSA) is 84.5 Å². The van der Waals surface area contributed by atoms with Crippen LogP contribution >= 0.6 is 0 Å². The van der Waals surface area contributed by atoms with Crippen molar-refractivity contribution in [1.82, 2.24) is 10.0 Å². The van der Waals surface area contributed by atoms with E-state index in [-0.39, 0.29) is 16.8 Å². The lowest BCUT2D eigenvalue weighted by Crippen LogP contribution is -2.32. The van der Waals surface area contributed by atoms with E-state index in [1.807, 2.05) is 24.3 Å². The first-order valence-corrected chi connectivity index (χ1v) is 9.06. The van der Waals surface area contributed by atoms with Crippen LogP contribution in [0.4, 0.5) is 0 Å². The number of amides is 1. The Labute approximate surface area is 140 Å². The quantitative estimate of drug-likeness (QED) is 0.885. The van der Waals surface area contributed by atoms with Crippen molar-refractivity contribution < 1.29 is 17.9 Å². The first-order chi connectivity index (χ1) is 11.5. The summed E-state index contributed by atoms with van der Waals surface area (Å²) in [5, 5.41) is 2.98. The summed E-state index contributed by atoms with van der Waals surface area (Å²) >= 11 is 0. The molecule has 0 aromatic heterocycles. The van der Waals surface area contributed by atoms with Crippen LogP contribution in [0.2, 0.25) is 0 Å². The fraction of sp³-hybridized carbons (Fsp3) is 0.235. The average Bonchev–Trinajstić information content (AvgIpc) is 2.62. The molecule has 2 aromatic carbocycles. The van der Waals surface area contributed by atoms with E-state index in [0.29, 0.717) is 18.6 Å². The molecule has 0 aliphatic carbocycles. The van der Waals surface area contributed by atoms with Crippen LogP contribution in [0.15, 0.2) is 53.4 Å². The summed E-state index contributed by atoms with van der Waals surface area (Å²) in [5.74, 6) is 0.537. The third kappa shape index (κ3) is 3.27. The molecule has 6 nitrogen and oxygen atoms in total. The van der Waals surface area contributed by atoms with Crippen molar-refractivity contribution in [2.24, 2.45) is 0 Å². The summed E-state index contributed by atoms with van der Waals surface area (Å²) in [4.78, 5) is 12.6. The summed E-state index contributed by atoms with van der Waals surface area (Å²) in [6, 6.07) is 13.3. The lowest BCUT2D eigenvalue weighted by atomic mass is 10.00. The maximum atomic E-state index is 12.4. The molecule has 1 aliphatic heterocycles. The highest BCUT2D eigenvalue weighted by molar-refractivity contribution is 7.89. The fourth-order valence-corrected chi connectivity index (χ4v) is 3.37. The molecule has 0 bridgehead atoms. The normalized spacial score (nSPS) is 16.8. The number of hydrogen-bond acceptors (Lipinski definition) is 4. The Balaban J connectivity index is 1.77. The van der Waals surface area contributed by atoms with E-state index in [0.717, 1.165) is 11.3 Å². The second-order valence-electron chi connectivity index (χ2n) is 5.43. The zero-order valence-electron chi connectivity index (χ0n) is 13.2. The Bertz CT molecular complexity index is 847. The Morgan fingerprint density at radius 1 is 1.12 bits per heavy atom. The van der Waals surface area contributed by atoms with E-state index in [9.17, 15) is 13.2 Å². The Kier molecular flexibility index (Phi) is 4.55. The molecule has 0 saturated heterocycles. The molecule has 7 heteroatoms. The van der Waals surface area contributed by atoms with Gasteiger partial charge in [0.1, 0.15) is 5.75 Å². The lowest BCUT2D eigenvalue weighted by molar-refractivity contribution is 0.0924. The molecule has 3 rings (SSSR count). The first-order valence-electron chi connectivity index (χ1n) is 7.57. The van der Waals surface area contributed by atoms with Crippen LogP contribution in [0.5, 0.6) is 5.75 Å². The van der Waals surface area contributed by atoms with E-state index >= 15 is 0 Å². The van der Waals surface area contributed by atoms with Gasteiger partial charge in [-0.15, -0.1) is 0 Å². The highest BCUT2D eigenvalue weighted by Gasteiger charge is 2.23. The van der Waals surface area contributed by atoms with Crippen LogP contribution in [0.1, 0.15) is 28.4 Å². The molecule has 1 unspecified atom stereocenters. The highest BCUT2D eigenvalue weighted by Crippen LogP contribution is 2.31. The Hall–Kier alpha value is -2.38. The van der Waals surface area contributed by atoms with Gasteiger partial charge < -0.3 is 10.1 Å². The van der Waals surface area contributed by atoms with Gasteiger partial charge in [0, 0.05) is 17.5 Å². The van der Waals surface area contributed by atoms with Gasteiger partial charge in [-0.3, -0.25) is 4.79 Å². The van der Waals surface area contributed by atoms with Gasteiger partial charge in [0.25, 0.3) is 5.91 Å². The van der Waals surface area contributed by atoms with Gasteiger partial charge in [-0.2, -0.15) is 0 Å². The third-order valence-electron chi connectivity index (χ3n) is 3.96. The van der Waals surface area contributed by atoms with Crippen molar-refractivity contribution in [2.45, 2.75) is 17.4 Å². The van der Waals surface area contributed by atoms with Crippen LogP contribution in [0.3, 0.4) is 0 Å². The summed E-state index contributed by atoms with van der Waals surface area (Å²) in [6.07, 6.45) is 0.689. The number of hydrogen-bond donors (Lipinski definition) is 2. The number of nitrogens with one attached hydrogen (secondary N) is 2. The molecular formula is C17H18N2O4S. The van der Waals surface area contributed by atoms with Gasteiger partial charge in [0.2, 0.25) is 10.0 Å². The summed E-state index contributed by atoms with van der Waals surface area (Å²) in [5.41, 5.74) is 1.36. The minimum absolute atomic E-state index is 0.122. The molecule has 1 aliphatic rings. The zero-order valence-corrected chi connectivity index (χ0v) is 14.0. The predicted molar refractivity (Wildman–Crippen MR) is 89.4 cm³/mol. The van der Waals surface area contributed by atoms with E-state index in [1.165, 1.54) is 31.3 Å². The molecule has 1 atom stereocenters. The number of sulfonamides is 1. The predicted octanol–water partition coefficient (Wildman–Crippen LogP) is 1.85. The van der Waals surface area contributed by atoms with E-state index < -0.39 is 10.0 Å². The van der Waals surface area contributed by atoms with Crippen molar-refractivity contribution in [3.63, 3.8) is 0 Å². The molecule has 0 radical (unpaired) electrons. The molecule has 126 valence electrons. The Morgan fingerprint density at radius 2 is 1.83 bits per heavy atom. The minimum Gasteiger partial charge on any atom is -0.493 e. The van der Waals surface area contributed by atoms with Crippen LogP contribution in [0.25, 0.3) is 0 Å². The number of para-hydroxylation sites is 1. The standard InChI is InChI=1S/C17H18N2O4S/c1-18-24(21,22)13-8-6-12(7-9-13)17(20)19-15-10-11-23-16-5-3-2-4-14(15)16/h2-9,15,18H,10-11H2,1H3,(H,19,20). The van der Waals surface area contributed by atoms with Crippen LogP contribution in [-0.2, 0) is 10.0 Å². The Morgan fingerprint density at radius 3 is 2.54 bits per heavy atom. The van der Waals surface area contributed by atoms with Crippen LogP contribution in [0, 0.1) is 0 Å². The molecule has 0 spiro atoms. The van der Waals surface area contributed by atoms with Crippen molar-refractivity contribution in [2.75, 3.05) is 13.7 Å². The summed E-state index contributed by atoms with van der Waals surface area (Å²) in [7, 11) is -2.16. The van der Waals surface area contributed by atoms with Gasteiger partial charge in [-0.1, -0.05) is 18.2 Å². The number of fused-ring (bicyclic) bond motifs is 1. The van der Waals surface area contributed by atoms with Crippen molar-refractivity contribution in [1.29, 1.82) is 0 Å². The monoisotopic (exact) mass is 346 g/mol. The van der Waals surface area contributed by atoms with Gasteiger partial charge in [0.15, 0.2) is 0 Å². The van der Waals surface area contributed by atoms with Gasteiger partial charge in [0.05, 0.1) is 17.5 Å². The number of carbonyl (C=O) groups is 1. The number of rotatable bonds is 4. The second-order valence-corrected chi connectivity index (χ2v) is 7.32. The molecule has 2 N–H and O–H groups in total. The zero-order chi connectivity index (χ0) is 17.2. The second kappa shape index (κ2) is 6.62. The molecule has 2 aromatic rings. The minimum atomic E-state index is -3.51. The molecule has 1 amide bonds. The van der Waals surface area contributed by atoms with Crippen molar-refractivity contribution in [3.05, 3.63) is 59.7 Å². The average molecular weight is 346 g/mol. The SMILES string of the molecule is CNS(=O)(=O)c1ccc(C(=O)NC2CCOc3ccccc32)cc1. The number of benzene rings is 2. The number of ether oxygens (including phenoxy) is 1.